The highest BCUT2D eigenvalue weighted by atomic mass is 32.2. The molecule has 0 unspecified atom stereocenters. The lowest BCUT2D eigenvalue weighted by Gasteiger charge is -2.37. The van der Waals surface area contributed by atoms with Gasteiger partial charge in [0.1, 0.15) is 0 Å². The monoisotopic (exact) mass is 360 g/mol. The molecule has 2 fully saturated rings. The molecule has 2 aliphatic heterocycles. The van der Waals surface area contributed by atoms with Gasteiger partial charge < -0.3 is 4.90 Å². The lowest BCUT2D eigenvalue weighted by atomic mass is 9.94. The Bertz CT molecular complexity index is 755. The Hall–Kier alpha value is -1.84. The molecule has 2 aliphatic rings. The number of carbonyl (C=O) groups is 1. The third-order valence-corrected chi connectivity index (χ3v) is 6.96. The van der Waals surface area contributed by atoms with E-state index in [-0.39, 0.29) is 29.2 Å². The normalized spacial score (nSPS) is 25.3. The van der Waals surface area contributed by atoms with Gasteiger partial charge >= 0.3 is 0 Å². The van der Waals surface area contributed by atoms with Gasteiger partial charge in [-0.2, -0.15) is 4.31 Å². The molecule has 0 aromatic heterocycles. The minimum absolute atomic E-state index is 0.0490. The van der Waals surface area contributed by atoms with E-state index in [0.29, 0.717) is 19.5 Å². The minimum atomic E-state index is -3.54. The average Bonchev–Trinajstić information content (AvgIpc) is 2.68. The van der Waals surface area contributed by atoms with Gasteiger partial charge in [-0.3, -0.25) is 4.79 Å². The highest BCUT2D eigenvalue weighted by molar-refractivity contribution is 7.89. The van der Waals surface area contributed by atoms with Gasteiger partial charge in [0.05, 0.1) is 10.8 Å². The summed E-state index contributed by atoms with van der Waals surface area (Å²) < 4.78 is 27.1. The van der Waals surface area contributed by atoms with E-state index in [1.54, 1.807) is 30.3 Å². The molecule has 0 saturated carbocycles. The Balaban J connectivity index is 1.71. The first-order chi connectivity index (χ1) is 12.0. The molecule has 3 rings (SSSR count). The van der Waals surface area contributed by atoms with Crippen LogP contribution in [0, 0.1) is 24.2 Å². The topological polar surface area (TPSA) is 57.7 Å². The van der Waals surface area contributed by atoms with Crippen LogP contribution in [0.5, 0.6) is 0 Å². The maximum atomic E-state index is 12.9. The smallest absolute Gasteiger partial charge is 0.243 e. The van der Waals surface area contributed by atoms with Crippen LogP contribution in [0.1, 0.15) is 25.7 Å². The van der Waals surface area contributed by atoms with Crippen LogP contribution >= 0.6 is 0 Å². The predicted octanol–water partition coefficient (Wildman–Crippen LogP) is 1.96. The number of amides is 1. The summed E-state index contributed by atoms with van der Waals surface area (Å²) in [5.74, 6) is 2.64. The number of rotatable bonds is 3. The lowest BCUT2D eigenvalue weighted by molar-refractivity contribution is -0.138. The number of carbonyl (C=O) groups excluding carboxylic acids is 1. The van der Waals surface area contributed by atoms with Crippen LogP contribution < -0.4 is 0 Å². The Labute approximate surface area is 150 Å². The second kappa shape index (κ2) is 7.59. The molecule has 134 valence electrons. The van der Waals surface area contributed by atoms with Gasteiger partial charge in [-0.25, -0.2) is 8.42 Å². The molecule has 1 aromatic carbocycles. The van der Waals surface area contributed by atoms with Gasteiger partial charge in [0.15, 0.2) is 0 Å². The highest BCUT2D eigenvalue weighted by Gasteiger charge is 2.36. The maximum Gasteiger partial charge on any atom is 0.243 e. The molecule has 1 aromatic rings. The number of sulfonamides is 1. The molecular weight excluding hydrogens is 336 g/mol. The second-order valence-electron chi connectivity index (χ2n) is 6.81. The van der Waals surface area contributed by atoms with Crippen LogP contribution in [-0.4, -0.2) is 49.7 Å². The third-order valence-electron chi connectivity index (χ3n) is 5.08. The molecule has 0 radical (unpaired) electrons. The maximum absolute atomic E-state index is 12.9. The molecule has 2 saturated heterocycles. The van der Waals surface area contributed by atoms with Crippen LogP contribution in [0.4, 0.5) is 0 Å². The summed E-state index contributed by atoms with van der Waals surface area (Å²) in [6, 6.07) is 8.42. The largest absolute Gasteiger partial charge is 0.341 e. The van der Waals surface area contributed by atoms with Gasteiger partial charge in [-0.1, -0.05) is 18.2 Å². The molecule has 0 bridgehead atoms. The van der Waals surface area contributed by atoms with Crippen LogP contribution in [0.3, 0.4) is 0 Å². The molecule has 5 nitrogen and oxygen atoms in total. The summed E-state index contributed by atoms with van der Waals surface area (Å²) in [4.78, 5) is 15.0. The van der Waals surface area contributed by atoms with E-state index in [4.69, 9.17) is 6.42 Å². The highest BCUT2D eigenvalue weighted by Crippen LogP contribution is 2.26. The van der Waals surface area contributed by atoms with Crippen molar-refractivity contribution >= 4 is 15.9 Å². The molecule has 25 heavy (non-hydrogen) atoms. The SMILES string of the molecule is C#C[C@@H]1CCCN(C(=O)[C@H]2CCCN(S(=O)(=O)c3ccccc3)C2)C1. The summed E-state index contributed by atoms with van der Waals surface area (Å²) in [6.07, 6.45) is 8.82. The first-order valence-electron chi connectivity index (χ1n) is 8.82. The van der Waals surface area contributed by atoms with Crippen LogP contribution in [0.25, 0.3) is 0 Å². The van der Waals surface area contributed by atoms with E-state index < -0.39 is 10.0 Å². The van der Waals surface area contributed by atoms with E-state index in [9.17, 15) is 13.2 Å². The van der Waals surface area contributed by atoms with Crippen molar-refractivity contribution in [1.29, 1.82) is 0 Å². The number of likely N-dealkylation sites (tertiary alicyclic amines) is 1. The van der Waals surface area contributed by atoms with Crippen molar-refractivity contribution < 1.29 is 13.2 Å². The fourth-order valence-corrected chi connectivity index (χ4v) is 5.22. The van der Waals surface area contributed by atoms with Crippen molar-refractivity contribution in [2.75, 3.05) is 26.2 Å². The second-order valence-corrected chi connectivity index (χ2v) is 8.74. The molecule has 0 aliphatic carbocycles. The van der Waals surface area contributed by atoms with Gasteiger partial charge in [0.2, 0.25) is 15.9 Å². The van der Waals surface area contributed by atoms with Crippen molar-refractivity contribution in [3.05, 3.63) is 30.3 Å². The van der Waals surface area contributed by atoms with Crippen molar-refractivity contribution in [3.63, 3.8) is 0 Å². The van der Waals surface area contributed by atoms with Gasteiger partial charge in [0, 0.05) is 32.1 Å². The van der Waals surface area contributed by atoms with Crippen molar-refractivity contribution in [1.82, 2.24) is 9.21 Å². The predicted molar refractivity (Wildman–Crippen MR) is 96.1 cm³/mol. The van der Waals surface area contributed by atoms with Crippen LogP contribution in [0.15, 0.2) is 35.2 Å². The van der Waals surface area contributed by atoms with Gasteiger partial charge in [-0.15, -0.1) is 12.3 Å². The van der Waals surface area contributed by atoms with E-state index in [1.165, 1.54) is 4.31 Å². The standard InChI is InChI=1S/C19H24N2O3S/c1-2-16-8-6-12-20(14-16)19(22)17-9-7-13-21(15-17)25(23,24)18-10-4-3-5-11-18/h1,3-5,10-11,16-17H,6-9,12-15H2/t16-,17+/m1/s1. The minimum Gasteiger partial charge on any atom is -0.341 e. The fourth-order valence-electron chi connectivity index (χ4n) is 3.68. The molecule has 0 spiro atoms. The Morgan fingerprint density at radius 2 is 1.80 bits per heavy atom. The van der Waals surface area contributed by atoms with Crippen LogP contribution in [0.2, 0.25) is 0 Å². The van der Waals surface area contributed by atoms with Gasteiger partial charge in [0.25, 0.3) is 0 Å². The Morgan fingerprint density at radius 3 is 2.52 bits per heavy atom. The number of piperidine rings is 2. The molecule has 1 amide bonds. The molecule has 2 atom stereocenters. The number of hydrogen-bond acceptors (Lipinski definition) is 3. The third kappa shape index (κ3) is 3.88. The number of terminal acetylenes is 1. The zero-order valence-corrected chi connectivity index (χ0v) is 15.1. The number of hydrogen-bond donors (Lipinski definition) is 0. The molecule has 0 N–H and O–H groups in total. The van der Waals surface area contributed by atoms with E-state index in [2.05, 4.69) is 5.92 Å². The summed E-state index contributed by atoms with van der Waals surface area (Å²) >= 11 is 0. The summed E-state index contributed by atoms with van der Waals surface area (Å²) in [5.41, 5.74) is 0. The summed E-state index contributed by atoms with van der Waals surface area (Å²) in [5, 5.41) is 0. The molecule has 6 heteroatoms. The first-order valence-corrected chi connectivity index (χ1v) is 10.3. The number of benzene rings is 1. The molecule has 2 heterocycles. The fraction of sp³-hybridized carbons (Fsp3) is 0.526. The van der Waals surface area contributed by atoms with Crippen molar-refractivity contribution in [3.8, 4) is 12.3 Å². The zero-order valence-electron chi connectivity index (χ0n) is 14.3. The van der Waals surface area contributed by atoms with E-state index in [0.717, 1.165) is 25.8 Å². The van der Waals surface area contributed by atoms with Crippen LogP contribution in [-0.2, 0) is 14.8 Å². The number of nitrogens with zero attached hydrogens (tertiary/aromatic N) is 2. The van der Waals surface area contributed by atoms with Gasteiger partial charge in [-0.05, 0) is 37.8 Å². The van der Waals surface area contributed by atoms with E-state index >= 15 is 0 Å². The van der Waals surface area contributed by atoms with Crippen molar-refractivity contribution in [2.45, 2.75) is 30.6 Å². The quantitative estimate of drug-likeness (QED) is 0.774. The van der Waals surface area contributed by atoms with E-state index in [1.807, 2.05) is 4.90 Å². The molecular formula is C19H24N2O3S. The first kappa shape index (κ1) is 18.0. The zero-order chi connectivity index (χ0) is 17.9. The summed E-state index contributed by atoms with van der Waals surface area (Å²) in [6.45, 7) is 2.04. The average molecular weight is 360 g/mol. The summed E-state index contributed by atoms with van der Waals surface area (Å²) in [7, 11) is -3.54. The lowest BCUT2D eigenvalue weighted by Crippen LogP contribution is -2.49. The van der Waals surface area contributed by atoms with Crippen molar-refractivity contribution in [2.24, 2.45) is 11.8 Å². The Kier molecular flexibility index (Phi) is 5.45. The Morgan fingerprint density at radius 1 is 1.08 bits per heavy atom.